The third-order valence-electron chi connectivity index (χ3n) is 2.81. The molecule has 0 aliphatic heterocycles. The van der Waals surface area contributed by atoms with Crippen LogP contribution in [0, 0.1) is 5.92 Å². The summed E-state index contributed by atoms with van der Waals surface area (Å²) in [7, 11) is 0. The predicted molar refractivity (Wildman–Crippen MR) is 78.9 cm³/mol. The first-order valence-electron chi connectivity index (χ1n) is 6.79. The molecule has 20 heavy (non-hydrogen) atoms. The van der Waals surface area contributed by atoms with Crippen LogP contribution >= 0.6 is 11.6 Å². The van der Waals surface area contributed by atoms with Gasteiger partial charge in [-0.1, -0.05) is 39.3 Å². The number of hydrogen-bond donors (Lipinski definition) is 2. The molecule has 1 atom stereocenters. The number of aromatic nitrogens is 2. The molecule has 1 rings (SSSR count). The standard InChI is InChI=1S/C14H22ClN3O2/c1-8(2)5-10(7-19)17-14(20)12-11(15)6-16-13(18-12)9(3)4/h6,8-10,19H,5,7H2,1-4H3,(H,17,20). The number of rotatable bonds is 6. The highest BCUT2D eigenvalue weighted by atomic mass is 35.5. The van der Waals surface area contributed by atoms with E-state index in [2.05, 4.69) is 15.3 Å². The maximum atomic E-state index is 12.2. The summed E-state index contributed by atoms with van der Waals surface area (Å²) in [6, 6.07) is -0.295. The minimum atomic E-state index is -0.376. The molecule has 1 heterocycles. The van der Waals surface area contributed by atoms with Crippen molar-refractivity contribution in [3.8, 4) is 0 Å². The van der Waals surface area contributed by atoms with Gasteiger partial charge in [-0.2, -0.15) is 0 Å². The molecule has 1 aromatic rings. The average molecular weight is 300 g/mol. The Morgan fingerprint density at radius 3 is 2.55 bits per heavy atom. The zero-order valence-corrected chi connectivity index (χ0v) is 13.1. The molecule has 0 aliphatic rings. The van der Waals surface area contributed by atoms with E-state index in [0.29, 0.717) is 18.2 Å². The van der Waals surface area contributed by atoms with E-state index < -0.39 is 0 Å². The number of nitrogens with zero attached hydrogens (tertiary/aromatic N) is 2. The van der Waals surface area contributed by atoms with Crippen molar-refractivity contribution in [2.24, 2.45) is 5.92 Å². The lowest BCUT2D eigenvalue weighted by atomic mass is 10.0. The van der Waals surface area contributed by atoms with Crippen molar-refractivity contribution in [2.45, 2.75) is 46.1 Å². The van der Waals surface area contributed by atoms with Gasteiger partial charge in [0, 0.05) is 5.92 Å². The van der Waals surface area contributed by atoms with E-state index in [1.165, 1.54) is 6.20 Å². The van der Waals surface area contributed by atoms with Crippen molar-refractivity contribution in [1.29, 1.82) is 0 Å². The fourth-order valence-corrected chi connectivity index (χ4v) is 2.00. The van der Waals surface area contributed by atoms with Gasteiger partial charge in [-0.3, -0.25) is 4.79 Å². The summed E-state index contributed by atoms with van der Waals surface area (Å²) in [5.41, 5.74) is 0.160. The first-order chi connectivity index (χ1) is 9.35. The summed E-state index contributed by atoms with van der Waals surface area (Å²) in [4.78, 5) is 20.5. The topological polar surface area (TPSA) is 75.1 Å². The molecule has 112 valence electrons. The van der Waals surface area contributed by atoms with E-state index in [1.54, 1.807) is 0 Å². The maximum absolute atomic E-state index is 12.2. The van der Waals surface area contributed by atoms with Gasteiger partial charge in [0.05, 0.1) is 23.9 Å². The third-order valence-corrected chi connectivity index (χ3v) is 3.08. The average Bonchev–Trinajstić information content (AvgIpc) is 2.37. The van der Waals surface area contributed by atoms with Gasteiger partial charge in [0.15, 0.2) is 0 Å². The van der Waals surface area contributed by atoms with Gasteiger partial charge in [-0.05, 0) is 12.3 Å². The van der Waals surface area contributed by atoms with E-state index in [4.69, 9.17) is 11.6 Å². The molecule has 0 aromatic carbocycles. The van der Waals surface area contributed by atoms with Gasteiger partial charge in [0.2, 0.25) is 0 Å². The number of nitrogens with one attached hydrogen (secondary N) is 1. The van der Waals surface area contributed by atoms with Gasteiger partial charge >= 0.3 is 0 Å². The Labute approximate surface area is 124 Å². The Bertz CT molecular complexity index is 464. The molecule has 2 N–H and O–H groups in total. The third kappa shape index (κ3) is 4.72. The van der Waals surface area contributed by atoms with Crippen LogP contribution in [0.25, 0.3) is 0 Å². The second kappa shape index (κ2) is 7.55. The number of aliphatic hydroxyl groups excluding tert-OH is 1. The highest BCUT2D eigenvalue weighted by Gasteiger charge is 2.19. The Hall–Kier alpha value is -1.20. The summed E-state index contributed by atoms with van der Waals surface area (Å²) in [6.45, 7) is 7.84. The highest BCUT2D eigenvalue weighted by Crippen LogP contribution is 2.16. The van der Waals surface area contributed by atoms with Crippen LogP contribution in [0.5, 0.6) is 0 Å². The fraction of sp³-hybridized carbons (Fsp3) is 0.643. The summed E-state index contributed by atoms with van der Waals surface area (Å²) in [5, 5.41) is 12.3. The van der Waals surface area contributed by atoms with E-state index in [1.807, 2.05) is 27.7 Å². The van der Waals surface area contributed by atoms with Crippen LogP contribution < -0.4 is 5.32 Å². The molecule has 1 unspecified atom stereocenters. The summed E-state index contributed by atoms with van der Waals surface area (Å²) in [5.74, 6) is 0.686. The first kappa shape index (κ1) is 16.9. The Morgan fingerprint density at radius 2 is 2.05 bits per heavy atom. The maximum Gasteiger partial charge on any atom is 0.271 e. The molecule has 5 nitrogen and oxygen atoms in total. The van der Waals surface area contributed by atoms with Gasteiger partial charge in [-0.25, -0.2) is 9.97 Å². The zero-order valence-electron chi connectivity index (χ0n) is 12.4. The van der Waals surface area contributed by atoms with Crippen LogP contribution in [0.15, 0.2) is 6.20 Å². The van der Waals surface area contributed by atoms with E-state index in [-0.39, 0.29) is 35.2 Å². The molecular formula is C14H22ClN3O2. The van der Waals surface area contributed by atoms with Gasteiger partial charge in [-0.15, -0.1) is 0 Å². The summed E-state index contributed by atoms with van der Waals surface area (Å²) >= 11 is 5.98. The Balaban J connectivity index is 2.88. The number of hydrogen-bond acceptors (Lipinski definition) is 4. The van der Waals surface area contributed by atoms with Crippen LogP contribution in [0.4, 0.5) is 0 Å². The van der Waals surface area contributed by atoms with E-state index in [0.717, 1.165) is 0 Å². The van der Waals surface area contributed by atoms with Gasteiger partial charge in [0.1, 0.15) is 11.5 Å². The first-order valence-corrected chi connectivity index (χ1v) is 7.17. The molecule has 0 saturated carbocycles. The van der Waals surface area contributed by atoms with Crippen molar-refractivity contribution in [1.82, 2.24) is 15.3 Å². The lowest BCUT2D eigenvalue weighted by Crippen LogP contribution is -2.39. The van der Waals surface area contributed by atoms with Crippen molar-refractivity contribution in [3.05, 3.63) is 22.7 Å². The molecule has 0 saturated heterocycles. The second-order valence-electron chi connectivity index (χ2n) is 5.56. The summed E-state index contributed by atoms with van der Waals surface area (Å²) in [6.07, 6.45) is 2.14. The minimum Gasteiger partial charge on any atom is -0.394 e. The van der Waals surface area contributed by atoms with Crippen LogP contribution in [0.3, 0.4) is 0 Å². The van der Waals surface area contributed by atoms with Crippen molar-refractivity contribution in [3.63, 3.8) is 0 Å². The number of halogens is 1. The molecule has 0 bridgehead atoms. The van der Waals surface area contributed by atoms with Crippen molar-refractivity contribution in [2.75, 3.05) is 6.61 Å². The summed E-state index contributed by atoms with van der Waals surface area (Å²) < 4.78 is 0. The van der Waals surface area contributed by atoms with Crippen LogP contribution in [-0.4, -0.2) is 33.6 Å². The van der Waals surface area contributed by atoms with E-state index >= 15 is 0 Å². The number of carbonyl (C=O) groups excluding carboxylic acids is 1. The molecule has 0 fully saturated rings. The second-order valence-corrected chi connectivity index (χ2v) is 5.97. The lowest BCUT2D eigenvalue weighted by Gasteiger charge is -2.18. The molecule has 0 spiro atoms. The lowest BCUT2D eigenvalue weighted by molar-refractivity contribution is 0.0903. The Kier molecular flexibility index (Phi) is 6.36. The molecule has 0 aliphatic carbocycles. The number of aliphatic hydroxyl groups is 1. The largest absolute Gasteiger partial charge is 0.394 e. The normalized spacial score (nSPS) is 12.8. The smallest absolute Gasteiger partial charge is 0.271 e. The quantitative estimate of drug-likeness (QED) is 0.846. The van der Waals surface area contributed by atoms with E-state index in [9.17, 15) is 9.90 Å². The van der Waals surface area contributed by atoms with Crippen LogP contribution in [0.1, 0.15) is 56.3 Å². The Morgan fingerprint density at radius 1 is 1.40 bits per heavy atom. The predicted octanol–water partition coefficient (Wildman–Crippen LogP) is 2.39. The molecule has 1 aromatic heterocycles. The van der Waals surface area contributed by atoms with Crippen LogP contribution in [-0.2, 0) is 0 Å². The zero-order chi connectivity index (χ0) is 15.3. The monoisotopic (exact) mass is 299 g/mol. The molecule has 1 amide bonds. The van der Waals surface area contributed by atoms with Gasteiger partial charge in [0.25, 0.3) is 5.91 Å². The molecule has 0 radical (unpaired) electrons. The highest BCUT2D eigenvalue weighted by molar-refractivity contribution is 6.33. The van der Waals surface area contributed by atoms with Gasteiger partial charge < -0.3 is 10.4 Å². The van der Waals surface area contributed by atoms with Crippen molar-refractivity contribution < 1.29 is 9.90 Å². The molecule has 6 heteroatoms. The van der Waals surface area contributed by atoms with Crippen LogP contribution in [0.2, 0.25) is 5.02 Å². The number of carbonyl (C=O) groups is 1. The SMILES string of the molecule is CC(C)CC(CO)NC(=O)c1nc(C(C)C)ncc1Cl. The number of amides is 1. The minimum absolute atomic E-state index is 0.107. The van der Waals surface area contributed by atoms with Crippen molar-refractivity contribution >= 4 is 17.5 Å². The molecular weight excluding hydrogens is 278 g/mol. The fourth-order valence-electron chi connectivity index (χ4n) is 1.82.